The van der Waals surface area contributed by atoms with E-state index in [1.165, 1.54) is 0 Å². The first-order valence-electron chi connectivity index (χ1n) is 3.37. The second-order valence-corrected chi connectivity index (χ2v) is 2.22. The van der Waals surface area contributed by atoms with Gasteiger partial charge in [-0.3, -0.25) is 0 Å². The van der Waals surface area contributed by atoms with Gasteiger partial charge in [-0.25, -0.2) is 4.79 Å². The van der Waals surface area contributed by atoms with Gasteiger partial charge in [-0.15, -0.1) is 4.39 Å². The van der Waals surface area contributed by atoms with Crippen molar-refractivity contribution in [2.45, 2.75) is 0 Å². The van der Waals surface area contributed by atoms with Crippen LogP contribution in [0.15, 0.2) is 36.4 Å². The SMILES string of the molecule is O/C(=C\C(=[OH+])F)c1ccccc1.[Cu]. The molecule has 0 atom stereocenters. The number of allylic oxidation sites excluding steroid dienone is 1. The van der Waals surface area contributed by atoms with E-state index >= 15 is 0 Å². The number of carbonyl (C=O) groups excluding carboxylic acids is 1. The van der Waals surface area contributed by atoms with Crippen LogP contribution in [0.1, 0.15) is 5.56 Å². The van der Waals surface area contributed by atoms with Crippen molar-refractivity contribution in [2.24, 2.45) is 0 Å². The molecule has 1 radical (unpaired) electrons. The molecular weight excluding hydrogens is 223 g/mol. The maximum absolute atomic E-state index is 11.9. The van der Waals surface area contributed by atoms with E-state index in [-0.39, 0.29) is 22.8 Å². The Morgan fingerprint density at radius 1 is 1.31 bits per heavy atom. The first-order chi connectivity index (χ1) is 5.70. The van der Waals surface area contributed by atoms with Crippen LogP contribution in [0, 0.1) is 0 Å². The molecule has 0 aliphatic carbocycles. The molecule has 0 aliphatic rings. The summed E-state index contributed by atoms with van der Waals surface area (Å²) in [7, 11) is 0. The van der Waals surface area contributed by atoms with Gasteiger partial charge >= 0.3 is 6.04 Å². The zero-order valence-electron chi connectivity index (χ0n) is 6.54. The molecule has 1 aromatic carbocycles. The minimum Gasteiger partial charge on any atom is -0.507 e. The summed E-state index contributed by atoms with van der Waals surface area (Å²) < 4.78 is 11.9. The number of benzene rings is 1. The summed E-state index contributed by atoms with van der Waals surface area (Å²) in [6, 6.07) is 6.99. The van der Waals surface area contributed by atoms with E-state index in [1.54, 1.807) is 30.3 Å². The van der Waals surface area contributed by atoms with Crippen molar-refractivity contribution >= 4 is 11.8 Å². The van der Waals surface area contributed by atoms with Crippen molar-refractivity contribution in [3.8, 4) is 0 Å². The van der Waals surface area contributed by atoms with Gasteiger partial charge in [0.15, 0.2) is 0 Å². The normalized spacial score (nSPS) is 10.4. The Morgan fingerprint density at radius 2 is 1.85 bits per heavy atom. The van der Waals surface area contributed by atoms with E-state index in [4.69, 9.17) is 9.90 Å². The maximum atomic E-state index is 11.9. The molecule has 13 heavy (non-hydrogen) atoms. The molecule has 0 aliphatic heterocycles. The number of hydrogen-bond donors (Lipinski definition) is 1. The molecule has 0 heterocycles. The van der Waals surface area contributed by atoms with Crippen LogP contribution in [0.3, 0.4) is 0 Å². The molecule has 0 saturated heterocycles. The maximum Gasteiger partial charge on any atom is 0.506 e. The molecule has 2 N–H and O–H groups in total. The number of rotatable bonds is 2. The van der Waals surface area contributed by atoms with Crippen LogP contribution in [0.25, 0.3) is 5.76 Å². The molecule has 0 spiro atoms. The monoisotopic (exact) mass is 230 g/mol. The van der Waals surface area contributed by atoms with Gasteiger partial charge in [-0.2, -0.15) is 0 Å². The first kappa shape index (κ1) is 11.9. The van der Waals surface area contributed by atoms with Crippen LogP contribution in [0.5, 0.6) is 0 Å². The molecule has 0 bridgehead atoms. The molecule has 4 heteroatoms. The van der Waals surface area contributed by atoms with Gasteiger partial charge in [0.2, 0.25) is 0 Å². The summed E-state index contributed by atoms with van der Waals surface area (Å²) in [4.78, 5) is 8.20. The van der Waals surface area contributed by atoms with Crippen LogP contribution in [0.2, 0.25) is 0 Å². The Bertz CT molecular complexity index is 309. The number of hydrogen-bond acceptors (Lipinski definition) is 1. The summed E-state index contributed by atoms with van der Waals surface area (Å²) in [6.45, 7) is 0. The van der Waals surface area contributed by atoms with E-state index in [1.807, 2.05) is 0 Å². The van der Waals surface area contributed by atoms with Crippen molar-refractivity contribution < 1.29 is 31.4 Å². The largest absolute Gasteiger partial charge is 0.507 e. The van der Waals surface area contributed by atoms with Crippen LogP contribution in [-0.4, -0.2) is 15.9 Å². The van der Waals surface area contributed by atoms with Crippen LogP contribution in [-0.2, 0) is 17.1 Å². The molecule has 73 valence electrons. The smallest absolute Gasteiger partial charge is 0.506 e. The predicted octanol–water partition coefficient (Wildman–Crippen LogP) is 2.05. The Labute approximate surface area is 85.6 Å². The minimum absolute atomic E-state index is 0. The fourth-order valence-electron chi connectivity index (χ4n) is 0.805. The zero-order chi connectivity index (χ0) is 8.97. The van der Waals surface area contributed by atoms with Crippen LogP contribution in [0.4, 0.5) is 4.39 Å². The summed E-state index contributed by atoms with van der Waals surface area (Å²) in [5.74, 6) is -0.296. The van der Waals surface area contributed by atoms with Crippen molar-refractivity contribution in [3.05, 3.63) is 42.0 Å². The molecule has 1 aromatic rings. The topological polar surface area (TPSA) is 41.6 Å². The Morgan fingerprint density at radius 3 is 2.31 bits per heavy atom. The van der Waals surface area contributed by atoms with Crippen molar-refractivity contribution in [1.29, 1.82) is 0 Å². The van der Waals surface area contributed by atoms with Crippen molar-refractivity contribution in [2.75, 3.05) is 0 Å². The van der Waals surface area contributed by atoms with Gasteiger partial charge in [0, 0.05) is 22.6 Å². The van der Waals surface area contributed by atoms with Gasteiger partial charge < -0.3 is 5.11 Å². The summed E-state index contributed by atoms with van der Waals surface area (Å²) >= 11 is 0. The van der Waals surface area contributed by atoms with Crippen LogP contribution < -0.4 is 0 Å². The molecule has 0 fully saturated rings. The third kappa shape index (κ3) is 3.87. The van der Waals surface area contributed by atoms with Crippen molar-refractivity contribution in [1.82, 2.24) is 0 Å². The zero-order valence-corrected chi connectivity index (χ0v) is 7.48. The van der Waals surface area contributed by atoms with Gasteiger partial charge in [0.25, 0.3) is 0 Å². The van der Waals surface area contributed by atoms with Crippen LogP contribution >= 0.6 is 0 Å². The van der Waals surface area contributed by atoms with E-state index in [2.05, 4.69) is 0 Å². The fraction of sp³-hybridized carbons (Fsp3) is 0. The van der Waals surface area contributed by atoms with Crippen molar-refractivity contribution in [3.63, 3.8) is 0 Å². The summed E-state index contributed by atoms with van der Waals surface area (Å²) in [5.41, 5.74) is 0.460. The molecule has 1 rings (SSSR count). The van der Waals surface area contributed by atoms with Gasteiger partial charge in [-0.05, 0) is 0 Å². The van der Waals surface area contributed by atoms with Gasteiger partial charge in [-0.1, -0.05) is 30.3 Å². The fourth-order valence-corrected chi connectivity index (χ4v) is 0.805. The Balaban J connectivity index is 0.00000144. The third-order valence-electron chi connectivity index (χ3n) is 1.33. The number of aliphatic hydroxyl groups is 1. The van der Waals surface area contributed by atoms with Gasteiger partial charge in [0.1, 0.15) is 11.8 Å². The van der Waals surface area contributed by atoms with Gasteiger partial charge in [0.05, 0.1) is 0 Å². The van der Waals surface area contributed by atoms with E-state index in [0.717, 1.165) is 0 Å². The summed E-state index contributed by atoms with van der Waals surface area (Å²) in [6.07, 6.45) is 0.648. The van der Waals surface area contributed by atoms with E-state index in [0.29, 0.717) is 11.6 Å². The van der Waals surface area contributed by atoms with E-state index < -0.39 is 6.04 Å². The average Bonchev–Trinajstić information content (AvgIpc) is 2.05. The second kappa shape index (κ2) is 5.51. The minimum atomic E-state index is -1.41. The standard InChI is InChI=1S/C9H7FO2.Cu/c10-9(12)6-8(11)7-4-2-1-3-5-7;/h1-6,11H;/p+1/b8-6-;. The van der Waals surface area contributed by atoms with E-state index in [9.17, 15) is 4.39 Å². The molecule has 0 unspecified atom stereocenters. The number of aliphatic hydroxyl groups excluding tert-OH is 1. The number of halogens is 1. The quantitative estimate of drug-likeness (QED) is 0.273. The molecular formula is C9H8CuFO2+. The predicted molar refractivity (Wildman–Crippen MR) is 45.1 cm³/mol. The second-order valence-electron chi connectivity index (χ2n) is 2.22. The Hall–Kier alpha value is -1.12. The molecule has 2 nitrogen and oxygen atoms in total. The molecule has 0 amide bonds. The third-order valence-corrected chi connectivity index (χ3v) is 1.33. The Kier molecular flexibility index (Phi) is 5.04. The molecule has 0 saturated carbocycles. The summed E-state index contributed by atoms with van der Waals surface area (Å²) in [5, 5.41) is 9.13. The molecule has 0 aromatic heterocycles. The average molecular weight is 231 g/mol. The first-order valence-corrected chi connectivity index (χ1v) is 3.37.